The van der Waals surface area contributed by atoms with E-state index >= 15 is 0 Å². The van der Waals surface area contributed by atoms with E-state index in [2.05, 4.69) is 20.6 Å². The Morgan fingerprint density at radius 1 is 0.714 bits per heavy atom. The van der Waals surface area contributed by atoms with Crippen molar-refractivity contribution in [3.63, 3.8) is 0 Å². The Hall–Kier alpha value is -4.59. The third-order valence-corrected chi connectivity index (χ3v) is 5.45. The van der Waals surface area contributed by atoms with Crippen LogP contribution in [0.1, 0.15) is 5.56 Å². The van der Waals surface area contributed by atoms with E-state index in [1.54, 1.807) is 18.2 Å². The number of para-hydroxylation sites is 1. The minimum Gasteiger partial charge on any atom is -0.338 e. The van der Waals surface area contributed by atoms with Crippen LogP contribution in [-0.4, -0.2) is 16.0 Å². The first-order valence-corrected chi connectivity index (χ1v) is 10.8. The quantitative estimate of drug-likeness (QED) is 0.253. The second kappa shape index (κ2) is 8.98. The third kappa shape index (κ3) is 5.01. The van der Waals surface area contributed by atoms with E-state index in [0.717, 1.165) is 28.8 Å². The molecular formula is C27H19F3N4O. The molecule has 3 N–H and O–H groups in total. The van der Waals surface area contributed by atoms with Crippen molar-refractivity contribution in [3.8, 4) is 22.5 Å². The monoisotopic (exact) mass is 472 g/mol. The number of imidazole rings is 1. The first-order valence-electron chi connectivity index (χ1n) is 10.8. The molecule has 0 saturated carbocycles. The third-order valence-electron chi connectivity index (χ3n) is 5.45. The minimum absolute atomic E-state index is 0.325. The number of alkyl halides is 3. The molecule has 174 valence electrons. The molecule has 0 unspecified atom stereocenters. The Balaban J connectivity index is 1.33. The zero-order chi connectivity index (χ0) is 24.4. The van der Waals surface area contributed by atoms with Gasteiger partial charge in [-0.15, -0.1) is 0 Å². The molecule has 1 aromatic heterocycles. The van der Waals surface area contributed by atoms with E-state index in [4.69, 9.17) is 0 Å². The largest absolute Gasteiger partial charge is 0.416 e. The number of aromatic amines is 1. The number of benzene rings is 4. The molecule has 8 heteroatoms. The van der Waals surface area contributed by atoms with Gasteiger partial charge < -0.3 is 15.6 Å². The molecule has 0 radical (unpaired) electrons. The zero-order valence-corrected chi connectivity index (χ0v) is 18.2. The number of amides is 2. The van der Waals surface area contributed by atoms with Crippen LogP contribution in [0.4, 0.5) is 29.3 Å². The fourth-order valence-electron chi connectivity index (χ4n) is 3.73. The lowest BCUT2D eigenvalue weighted by Gasteiger charge is -2.09. The lowest BCUT2D eigenvalue weighted by molar-refractivity contribution is -0.137. The van der Waals surface area contributed by atoms with E-state index in [1.807, 2.05) is 60.7 Å². The van der Waals surface area contributed by atoms with Gasteiger partial charge in [0, 0.05) is 16.9 Å². The molecule has 0 aliphatic rings. The van der Waals surface area contributed by atoms with Crippen LogP contribution < -0.4 is 10.6 Å². The molecule has 5 rings (SSSR count). The van der Waals surface area contributed by atoms with Gasteiger partial charge in [-0.1, -0.05) is 54.6 Å². The minimum atomic E-state index is -4.41. The molecule has 4 aromatic carbocycles. The van der Waals surface area contributed by atoms with Crippen LogP contribution in [0.3, 0.4) is 0 Å². The average molecular weight is 472 g/mol. The summed E-state index contributed by atoms with van der Waals surface area (Å²) in [5.41, 5.74) is 3.95. The summed E-state index contributed by atoms with van der Waals surface area (Å²) in [4.78, 5) is 19.7. The maximum absolute atomic E-state index is 13.0. The van der Waals surface area contributed by atoms with E-state index < -0.39 is 11.7 Å². The highest BCUT2D eigenvalue weighted by Gasteiger charge is 2.30. The molecule has 5 nitrogen and oxygen atoms in total. The molecule has 0 aliphatic carbocycles. The molecule has 2 amide bonds. The molecule has 35 heavy (non-hydrogen) atoms. The fourth-order valence-corrected chi connectivity index (χ4v) is 3.73. The summed E-state index contributed by atoms with van der Waals surface area (Å²) >= 11 is 0. The van der Waals surface area contributed by atoms with Crippen molar-refractivity contribution in [2.75, 3.05) is 10.6 Å². The lowest BCUT2D eigenvalue weighted by atomic mass is 10.0. The second-order valence-electron chi connectivity index (χ2n) is 7.92. The second-order valence-corrected chi connectivity index (χ2v) is 7.92. The number of carbonyl (C=O) groups is 1. The van der Waals surface area contributed by atoms with E-state index in [0.29, 0.717) is 28.2 Å². The van der Waals surface area contributed by atoms with Gasteiger partial charge in [-0.05, 0) is 53.6 Å². The van der Waals surface area contributed by atoms with Gasteiger partial charge >= 0.3 is 12.2 Å². The Labute approximate surface area is 198 Å². The zero-order valence-electron chi connectivity index (χ0n) is 18.2. The highest BCUT2D eigenvalue weighted by atomic mass is 19.4. The summed E-state index contributed by atoms with van der Waals surface area (Å²) in [5.74, 6) is 0.485. The van der Waals surface area contributed by atoms with Crippen LogP contribution in [0.2, 0.25) is 0 Å². The van der Waals surface area contributed by atoms with Gasteiger partial charge in [-0.3, -0.25) is 0 Å². The molecule has 0 atom stereocenters. The number of aromatic nitrogens is 2. The Morgan fingerprint density at radius 2 is 1.40 bits per heavy atom. The number of H-pyrrole nitrogens is 1. The van der Waals surface area contributed by atoms with Crippen molar-refractivity contribution in [3.05, 3.63) is 103 Å². The Bertz CT molecular complexity index is 1490. The summed E-state index contributed by atoms with van der Waals surface area (Å²) in [5, 5.41) is 5.60. The number of anilines is 2. The molecule has 1 heterocycles. The SMILES string of the molecule is O=C(Nc1ccccc1)Nc1cccc(-c2ccc(-c3nc4ccc(C(F)(F)F)cc4[nH]3)cc2)c1. The molecule has 0 bridgehead atoms. The summed E-state index contributed by atoms with van der Waals surface area (Å²) in [7, 11) is 0. The summed E-state index contributed by atoms with van der Waals surface area (Å²) in [6.45, 7) is 0. The number of nitrogens with one attached hydrogen (secondary N) is 3. The van der Waals surface area contributed by atoms with Gasteiger partial charge in [0.15, 0.2) is 0 Å². The standard InChI is InChI=1S/C27H19F3N4O/c28-27(29,30)20-13-14-23-24(16-20)34-25(33-23)18-11-9-17(10-12-18)19-5-4-8-22(15-19)32-26(35)31-21-6-2-1-3-7-21/h1-16H,(H,33,34)(H2,31,32,35). The molecule has 0 spiro atoms. The maximum Gasteiger partial charge on any atom is 0.416 e. The number of fused-ring (bicyclic) bond motifs is 1. The van der Waals surface area contributed by atoms with Crippen LogP contribution >= 0.6 is 0 Å². The summed E-state index contributed by atoms with van der Waals surface area (Å²) in [6, 6.07) is 27.2. The van der Waals surface area contributed by atoms with Gasteiger partial charge in [0.1, 0.15) is 5.82 Å². The predicted molar refractivity (Wildman–Crippen MR) is 131 cm³/mol. The first kappa shape index (κ1) is 22.2. The summed E-state index contributed by atoms with van der Waals surface area (Å²) in [6.07, 6.45) is -4.41. The highest BCUT2D eigenvalue weighted by Crippen LogP contribution is 2.32. The topological polar surface area (TPSA) is 69.8 Å². The number of halogens is 3. The number of urea groups is 1. The molecule has 0 fully saturated rings. The van der Waals surface area contributed by atoms with E-state index in [-0.39, 0.29) is 6.03 Å². The predicted octanol–water partition coefficient (Wildman–Crippen LogP) is 7.56. The number of rotatable bonds is 4. The number of nitrogens with zero attached hydrogens (tertiary/aromatic N) is 1. The van der Waals surface area contributed by atoms with Crippen LogP contribution in [0, 0.1) is 0 Å². The molecular weight excluding hydrogens is 453 g/mol. The van der Waals surface area contributed by atoms with Crippen molar-refractivity contribution in [2.24, 2.45) is 0 Å². The molecule has 0 saturated heterocycles. The number of carbonyl (C=O) groups excluding carboxylic acids is 1. The Morgan fingerprint density at radius 3 is 2.14 bits per heavy atom. The maximum atomic E-state index is 13.0. The van der Waals surface area contributed by atoms with Crippen molar-refractivity contribution in [1.29, 1.82) is 0 Å². The van der Waals surface area contributed by atoms with Crippen LogP contribution in [0.5, 0.6) is 0 Å². The van der Waals surface area contributed by atoms with Crippen molar-refractivity contribution in [1.82, 2.24) is 9.97 Å². The van der Waals surface area contributed by atoms with Gasteiger partial charge in [0.2, 0.25) is 0 Å². The number of hydrogen-bond donors (Lipinski definition) is 3. The van der Waals surface area contributed by atoms with Crippen LogP contribution in [0.15, 0.2) is 97.1 Å². The molecule has 5 aromatic rings. The van der Waals surface area contributed by atoms with Gasteiger partial charge in [0.25, 0.3) is 0 Å². The van der Waals surface area contributed by atoms with Gasteiger partial charge in [-0.25, -0.2) is 9.78 Å². The van der Waals surface area contributed by atoms with Crippen LogP contribution in [-0.2, 0) is 6.18 Å². The fraction of sp³-hybridized carbons (Fsp3) is 0.0370. The van der Waals surface area contributed by atoms with Gasteiger partial charge in [0.05, 0.1) is 16.6 Å². The van der Waals surface area contributed by atoms with Crippen molar-refractivity contribution < 1.29 is 18.0 Å². The average Bonchev–Trinajstić information content (AvgIpc) is 3.28. The van der Waals surface area contributed by atoms with Crippen LogP contribution in [0.25, 0.3) is 33.5 Å². The van der Waals surface area contributed by atoms with Gasteiger partial charge in [-0.2, -0.15) is 13.2 Å². The summed E-state index contributed by atoms with van der Waals surface area (Å²) < 4.78 is 39.0. The smallest absolute Gasteiger partial charge is 0.338 e. The van der Waals surface area contributed by atoms with E-state index in [1.165, 1.54) is 6.07 Å². The van der Waals surface area contributed by atoms with E-state index in [9.17, 15) is 18.0 Å². The highest BCUT2D eigenvalue weighted by molar-refractivity contribution is 6.00. The Kier molecular flexibility index (Phi) is 5.70. The molecule has 0 aliphatic heterocycles. The normalized spacial score (nSPS) is 11.4. The van der Waals surface area contributed by atoms with Crippen molar-refractivity contribution >= 4 is 28.4 Å². The first-order chi connectivity index (χ1) is 16.8. The lowest BCUT2D eigenvalue weighted by Crippen LogP contribution is -2.19. The number of hydrogen-bond acceptors (Lipinski definition) is 2. The van der Waals surface area contributed by atoms with Crippen molar-refractivity contribution in [2.45, 2.75) is 6.18 Å².